The van der Waals surface area contributed by atoms with E-state index in [1.165, 1.54) is 15.3 Å². The van der Waals surface area contributed by atoms with Crippen LogP contribution in [-0.2, 0) is 9.16 Å². The number of nitrogens with zero attached hydrogens (tertiary/aromatic N) is 1. The van der Waals surface area contributed by atoms with Crippen LogP contribution in [0.15, 0.2) is 60.7 Å². The van der Waals surface area contributed by atoms with E-state index in [-0.39, 0.29) is 17.2 Å². The molecule has 0 radical (unpaired) electrons. The zero-order valence-corrected chi connectivity index (χ0v) is 18.7. The number of amides is 1. The van der Waals surface area contributed by atoms with Gasteiger partial charge in [-0.25, -0.2) is 4.79 Å². The van der Waals surface area contributed by atoms with Crippen LogP contribution in [0.2, 0.25) is 5.04 Å². The van der Waals surface area contributed by atoms with Gasteiger partial charge >= 0.3 is 6.09 Å². The first-order valence-electron chi connectivity index (χ1n) is 10.1. The Bertz CT molecular complexity index is 767. The predicted molar refractivity (Wildman–Crippen MR) is 118 cm³/mol. The van der Waals surface area contributed by atoms with Crippen molar-refractivity contribution in [3.63, 3.8) is 0 Å². The van der Waals surface area contributed by atoms with Crippen molar-refractivity contribution in [1.82, 2.24) is 4.90 Å². The molecule has 1 amide bonds. The van der Waals surface area contributed by atoms with Crippen LogP contribution in [-0.4, -0.2) is 56.8 Å². The van der Waals surface area contributed by atoms with Gasteiger partial charge in [0.05, 0.1) is 18.8 Å². The van der Waals surface area contributed by atoms with E-state index < -0.39 is 14.4 Å². The molecule has 5 nitrogen and oxygen atoms in total. The van der Waals surface area contributed by atoms with Gasteiger partial charge in [0, 0.05) is 13.7 Å². The average molecular weight is 414 g/mol. The molecule has 156 valence electrons. The fourth-order valence-corrected chi connectivity index (χ4v) is 9.17. The van der Waals surface area contributed by atoms with Gasteiger partial charge in [-0.05, 0) is 21.8 Å². The molecule has 2 aromatic rings. The minimum Gasteiger partial charge on any atom is -0.465 e. The Morgan fingerprint density at radius 3 is 2.00 bits per heavy atom. The van der Waals surface area contributed by atoms with Crippen LogP contribution in [0.5, 0.6) is 0 Å². The molecule has 1 aliphatic heterocycles. The van der Waals surface area contributed by atoms with Crippen LogP contribution in [0.25, 0.3) is 0 Å². The Morgan fingerprint density at radius 1 is 1.07 bits per heavy atom. The van der Waals surface area contributed by atoms with E-state index >= 15 is 0 Å². The summed E-state index contributed by atoms with van der Waals surface area (Å²) in [5.74, 6) is 0. The predicted octanol–water partition coefficient (Wildman–Crippen LogP) is 3.33. The maximum Gasteiger partial charge on any atom is 0.407 e. The molecule has 0 aliphatic carbocycles. The fourth-order valence-electron chi connectivity index (χ4n) is 4.49. The number of likely N-dealkylation sites (tertiary alicyclic amines) is 1. The fraction of sp³-hybridized carbons (Fsp3) is 0.435. The molecule has 1 saturated heterocycles. The molecule has 29 heavy (non-hydrogen) atoms. The van der Waals surface area contributed by atoms with E-state index in [2.05, 4.69) is 69.3 Å². The lowest BCUT2D eigenvalue weighted by atomic mass is 10.2. The number of methoxy groups -OCH3 is 1. The first kappa shape index (κ1) is 21.6. The highest BCUT2D eigenvalue weighted by molar-refractivity contribution is 6.99. The second kappa shape index (κ2) is 8.69. The number of carbonyl (C=O) groups is 1. The lowest BCUT2D eigenvalue weighted by molar-refractivity contribution is 0.0986. The molecule has 1 heterocycles. The Kier molecular flexibility index (Phi) is 6.46. The highest BCUT2D eigenvalue weighted by atomic mass is 28.4. The highest BCUT2D eigenvalue weighted by Gasteiger charge is 2.53. The minimum absolute atomic E-state index is 0.136. The normalized spacial score (nSPS) is 20.1. The third kappa shape index (κ3) is 4.24. The van der Waals surface area contributed by atoms with Gasteiger partial charge in [0.25, 0.3) is 8.32 Å². The molecular formula is C23H31NO4Si. The summed E-state index contributed by atoms with van der Waals surface area (Å²) in [7, 11) is -1.08. The van der Waals surface area contributed by atoms with Gasteiger partial charge in [0.2, 0.25) is 0 Å². The molecule has 6 heteroatoms. The third-order valence-electron chi connectivity index (χ3n) is 5.74. The largest absolute Gasteiger partial charge is 0.465 e. The number of carboxylic acid groups (broad SMARTS) is 1. The average Bonchev–Trinajstić information content (AvgIpc) is 3.09. The van der Waals surface area contributed by atoms with E-state index in [0.29, 0.717) is 19.6 Å². The van der Waals surface area contributed by atoms with Gasteiger partial charge in [-0.1, -0.05) is 81.4 Å². The third-order valence-corrected chi connectivity index (χ3v) is 10.8. The van der Waals surface area contributed by atoms with Gasteiger partial charge in [-0.15, -0.1) is 0 Å². The zero-order chi connectivity index (χ0) is 21.1. The molecule has 1 fully saturated rings. The van der Waals surface area contributed by atoms with Crippen molar-refractivity contribution in [2.45, 2.75) is 44.4 Å². The van der Waals surface area contributed by atoms with Crippen molar-refractivity contribution < 1.29 is 19.1 Å². The Balaban J connectivity index is 2.06. The first-order valence-corrected chi connectivity index (χ1v) is 12.0. The molecule has 0 bridgehead atoms. The van der Waals surface area contributed by atoms with Crippen molar-refractivity contribution in [3.8, 4) is 0 Å². The SMILES string of the molecule is COCC1CC(O[Si](c2ccccc2)(c2ccccc2)C(C)(C)C)CN1C(=O)O. The molecule has 1 aliphatic rings. The number of hydrogen-bond acceptors (Lipinski definition) is 3. The van der Waals surface area contributed by atoms with Crippen molar-refractivity contribution in [2.75, 3.05) is 20.3 Å². The van der Waals surface area contributed by atoms with Crippen LogP contribution < -0.4 is 10.4 Å². The van der Waals surface area contributed by atoms with Crippen LogP contribution in [0, 0.1) is 0 Å². The second-order valence-electron chi connectivity index (χ2n) is 8.68. The van der Waals surface area contributed by atoms with Crippen LogP contribution in [0.1, 0.15) is 27.2 Å². The molecule has 0 spiro atoms. The summed E-state index contributed by atoms with van der Waals surface area (Å²) in [5, 5.41) is 11.9. The van der Waals surface area contributed by atoms with E-state index in [1.54, 1.807) is 7.11 Å². The molecule has 0 aromatic heterocycles. The summed E-state index contributed by atoms with van der Waals surface area (Å²) >= 11 is 0. The number of ether oxygens (including phenoxy) is 1. The summed E-state index contributed by atoms with van der Waals surface area (Å²) in [4.78, 5) is 13.2. The van der Waals surface area contributed by atoms with E-state index in [0.717, 1.165) is 0 Å². The van der Waals surface area contributed by atoms with E-state index in [1.807, 2.05) is 12.1 Å². The molecule has 2 unspecified atom stereocenters. The summed E-state index contributed by atoms with van der Waals surface area (Å²) < 4.78 is 12.3. The summed E-state index contributed by atoms with van der Waals surface area (Å²) in [6, 6.07) is 20.7. The van der Waals surface area contributed by atoms with Crippen LogP contribution >= 0.6 is 0 Å². The number of rotatable bonds is 6. The maximum atomic E-state index is 11.8. The van der Waals surface area contributed by atoms with Gasteiger partial charge < -0.3 is 19.2 Å². The monoisotopic (exact) mass is 413 g/mol. The quantitative estimate of drug-likeness (QED) is 0.738. The first-order chi connectivity index (χ1) is 13.8. The van der Waals surface area contributed by atoms with Crippen molar-refractivity contribution in [1.29, 1.82) is 0 Å². The highest BCUT2D eigenvalue weighted by Crippen LogP contribution is 2.39. The van der Waals surface area contributed by atoms with Crippen LogP contribution in [0.3, 0.4) is 0 Å². The Labute approximate surface area is 174 Å². The Morgan fingerprint density at radius 2 is 1.59 bits per heavy atom. The van der Waals surface area contributed by atoms with E-state index in [9.17, 15) is 9.90 Å². The lowest BCUT2D eigenvalue weighted by Crippen LogP contribution is -2.67. The molecule has 1 N–H and O–H groups in total. The standard InChI is InChI=1S/C23H31NO4Si/c1-23(2,3)29(20-11-7-5-8-12-20,21-13-9-6-10-14-21)28-19-15-18(17-27-4)24(16-19)22(25)26/h5-14,18-19H,15-17H2,1-4H3,(H,25,26). The van der Waals surface area contributed by atoms with Gasteiger partial charge in [-0.3, -0.25) is 0 Å². The van der Waals surface area contributed by atoms with Gasteiger partial charge in [0.15, 0.2) is 0 Å². The molecule has 0 saturated carbocycles. The summed E-state index contributed by atoms with van der Waals surface area (Å²) in [6.07, 6.45) is -0.442. The summed E-state index contributed by atoms with van der Waals surface area (Å²) in [5.41, 5.74) is 0. The lowest BCUT2D eigenvalue weighted by Gasteiger charge is -2.44. The summed E-state index contributed by atoms with van der Waals surface area (Å²) in [6.45, 7) is 7.45. The van der Waals surface area contributed by atoms with Crippen molar-refractivity contribution in [3.05, 3.63) is 60.7 Å². The topological polar surface area (TPSA) is 59.0 Å². The van der Waals surface area contributed by atoms with Crippen LogP contribution in [0.4, 0.5) is 4.79 Å². The zero-order valence-electron chi connectivity index (χ0n) is 17.7. The second-order valence-corrected chi connectivity index (χ2v) is 12.9. The smallest absolute Gasteiger partial charge is 0.407 e. The number of hydrogen-bond donors (Lipinski definition) is 1. The van der Waals surface area contributed by atoms with Gasteiger partial charge in [0.1, 0.15) is 0 Å². The van der Waals surface area contributed by atoms with Crippen molar-refractivity contribution >= 4 is 24.8 Å². The molecular weight excluding hydrogens is 382 g/mol. The van der Waals surface area contributed by atoms with E-state index in [4.69, 9.17) is 9.16 Å². The molecule has 2 atom stereocenters. The number of benzene rings is 2. The van der Waals surface area contributed by atoms with Gasteiger partial charge in [-0.2, -0.15) is 0 Å². The Hall–Kier alpha value is -2.15. The molecule has 3 rings (SSSR count). The van der Waals surface area contributed by atoms with Crippen molar-refractivity contribution in [2.24, 2.45) is 0 Å². The minimum atomic E-state index is -2.69. The molecule has 2 aromatic carbocycles. The maximum absolute atomic E-state index is 11.8.